The molecule has 4 aliphatic carbocycles. The van der Waals surface area contributed by atoms with Gasteiger partial charge in [0.15, 0.2) is 0 Å². The highest BCUT2D eigenvalue weighted by molar-refractivity contribution is 5.76. The third-order valence-corrected chi connectivity index (χ3v) is 15.7. The molecule has 0 radical (unpaired) electrons. The van der Waals surface area contributed by atoms with Crippen molar-refractivity contribution in [2.24, 2.45) is 46.3 Å². The quantitative estimate of drug-likeness (QED) is 0.0373. The SMILES string of the molecule is C=CCN(CCN(CC(=O)O)[C@@H](CCCCNC1OC1CCC(=O)N[C@H]1CC[C@]2(C)C3C[C@H](O)[C@@]4(C)C(CC[C@@H]4C(C)CCC(=O)O)C3[C@H](O)C[C@@H]2C1)C(=O)O)CC(=O)O. The molecule has 14 atom stereocenters. The van der Waals surface area contributed by atoms with Gasteiger partial charge in [0.05, 0.1) is 31.4 Å². The van der Waals surface area contributed by atoms with Crippen LogP contribution in [0.15, 0.2) is 12.7 Å². The second-order valence-electron chi connectivity index (χ2n) is 19.3. The van der Waals surface area contributed by atoms with Gasteiger partial charge in [-0.2, -0.15) is 0 Å². The van der Waals surface area contributed by atoms with Gasteiger partial charge < -0.3 is 40.7 Å². The molecule has 60 heavy (non-hydrogen) atoms. The molecule has 16 heteroatoms. The van der Waals surface area contributed by atoms with E-state index in [-0.39, 0.29) is 110 Å². The van der Waals surface area contributed by atoms with Crippen molar-refractivity contribution < 1.29 is 59.3 Å². The third-order valence-electron chi connectivity index (χ3n) is 15.7. The molecule has 0 aromatic rings. The van der Waals surface area contributed by atoms with Gasteiger partial charge in [0, 0.05) is 38.5 Å². The van der Waals surface area contributed by atoms with Crippen molar-refractivity contribution >= 4 is 29.8 Å². The van der Waals surface area contributed by atoms with Crippen molar-refractivity contribution in [3.05, 3.63) is 12.7 Å². The maximum Gasteiger partial charge on any atom is 0.320 e. The van der Waals surface area contributed by atoms with Crippen molar-refractivity contribution in [1.29, 1.82) is 0 Å². The van der Waals surface area contributed by atoms with E-state index in [4.69, 9.17) is 9.84 Å². The van der Waals surface area contributed by atoms with E-state index in [1.807, 2.05) is 0 Å². The highest BCUT2D eigenvalue weighted by atomic mass is 16.6. The van der Waals surface area contributed by atoms with Gasteiger partial charge >= 0.3 is 23.9 Å². The first-order chi connectivity index (χ1) is 28.4. The molecular formula is C44H72N4O12. The number of carbonyl (C=O) groups excluding carboxylic acids is 1. The summed E-state index contributed by atoms with van der Waals surface area (Å²) in [6.07, 6.45) is 9.09. The smallest absolute Gasteiger partial charge is 0.320 e. The number of hydrogen-bond donors (Lipinski definition) is 8. The Balaban J connectivity index is 1.02. The van der Waals surface area contributed by atoms with E-state index in [9.17, 15) is 49.5 Å². The summed E-state index contributed by atoms with van der Waals surface area (Å²) in [5, 5.41) is 68.0. The van der Waals surface area contributed by atoms with Crippen LogP contribution in [0.4, 0.5) is 0 Å². The number of aliphatic hydroxyl groups is 2. The van der Waals surface area contributed by atoms with Crippen LogP contribution in [0.25, 0.3) is 0 Å². The highest BCUT2D eigenvalue weighted by Gasteiger charge is 2.65. The van der Waals surface area contributed by atoms with E-state index in [0.29, 0.717) is 51.5 Å². The number of nitrogens with one attached hydrogen (secondary N) is 2. The summed E-state index contributed by atoms with van der Waals surface area (Å²) in [6, 6.07) is -1.02. The minimum atomic E-state index is -1.17. The van der Waals surface area contributed by atoms with E-state index in [1.54, 1.807) is 11.0 Å². The standard InChI is InChI=1S/C44H72N4O12/c1-5-18-47(24-38(54)55)19-20-48(25-39(56)57)32(42(58)59)8-6-7-17-45-41-34(60-41)12-13-36(51)46-28-15-16-43(3)27(21-28)22-33(49)40-30-11-10-29(26(2)9-14-37(52)53)44(30,4)35(50)23-31(40)43/h5,26-35,40-41,45,49-50H,1,6-25H2,2-4H3,(H,46,51)(H,52,53)(H,54,55)(H,56,57)(H,58,59)/t26?,27-,28-,29+,30?,31?,32-,33+,34?,35-,40?,41?,43-,44+/m0/s1. The number of carbonyl (C=O) groups is 5. The molecule has 340 valence electrons. The molecule has 1 saturated heterocycles. The van der Waals surface area contributed by atoms with Crippen molar-refractivity contribution in [3.63, 3.8) is 0 Å². The van der Waals surface area contributed by atoms with Gasteiger partial charge in [-0.3, -0.25) is 39.1 Å². The van der Waals surface area contributed by atoms with Crippen molar-refractivity contribution in [2.45, 2.75) is 147 Å². The predicted octanol–water partition coefficient (Wildman–Crippen LogP) is 3.25. The van der Waals surface area contributed by atoms with Gasteiger partial charge in [-0.05, 0) is 124 Å². The molecule has 0 aromatic carbocycles. The summed E-state index contributed by atoms with van der Waals surface area (Å²) >= 11 is 0. The first-order valence-electron chi connectivity index (χ1n) is 22.4. The Hall–Kier alpha value is -3.15. The molecule has 1 aliphatic heterocycles. The van der Waals surface area contributed by atoms with Crippen molar-refractivity contribution in [3.8, 4) is 0 Å². The summed E-state index contributed by atoms with van der Waals surface area (Å²) in [6.45, 7) is 10.6. The second-order valence-corrected chi connectivity index (χ2v) is 19.3. The average Bonchev–Trinajstić information content (AvgIpc) is 3.82. The number of amides is 1. The predicted molar refractivity (Wildman–Crippen MR) is 221 cm³/mol. The van der Waals surface area contributed by atoms with E-state index in [2.05, 4.69) is 38.0 Å². The van der Waals surface area contributed by atoms with Gasteiger partial charge in [0.1, 0.15) is 12.3 Å². The maximum atomic E-state index is 13.1. The first kappa shape index (κ1) is 47.9. The second kappa shape index (κ2) is 20.8. The number of carboxylic acid groups (broad SMARTS) is 4. The Morgan fingerprint density at radius 3 is 2.28 bits per heavy atom. The Bertz CT molecular complexity index is 1530. The zero-order valence-electron chi connectivity index (χ0n) is 35.9. The van der Waals surface area contributed by atoms with Crippen LogP contribution in [0.1, 0.15) is 111 Å². The number of hydrogen-bond acceptors (Lipinski definition) is 11. The molecular weight excluding hydrogens is 777 g/mol. The number of rotatable bonds is 25. The third kappa shape index (κ3) is 11.5. The van der Waals surface area contributed by atoms with E-state index < -0.39 is 48.7 Å². The summed E-state index contributed by atoms with van der Waals surface area (Å²) in [7, 11) is 0. The molecule has 0 aromatic heterocycles. The Morgan fingerprint density at radius 2 is 1.62 bits per heavy atom. The number of epoxide rings is 1. The first-order valence-corrected chi connectivity index (χ1v) is 22.4. The van der Waals surface area contributed by atoms with Gasteiger partial charge in [0.2, 0.25) is 5.91 Å². The fourth-order valence-electron chi connectivity index (χ4n) is 12.5. The number of aliphatic hydroxyl groups excluding tert-OH is 2. The lowest BCUT2D eigenvalue weighted by atomic mass is 9.43. The largest absolute Gasteiger partial charge is 0.481 e. The highest BCUT2D eigenvalue weighted by Crippen LogP contribution is 2.68. The normalized spacial score (nSPS) is 35.5. The minimum absolute atomic E-state index is 0.0221. The van der Waals surface area contributed by atoms with Crippen LogP contribution in [0.5, 0.6) is 0 Å². The monoisotopic (exact) mass is 849 g/mol. The fraction of sp³-hybridized carbons (Fsp3) is 0.841. The number of ether oxygens (including phenoxy) is 1. The Kier molecular flexibility index (Phi) is 16.6. The summed E-state index contributed by atoms with van der Waals surface area (Å²) in [5.41, 5.74) is -0.375. The molecule has 8 N–H and O–H groups in total. The maximum absolute atomic E-state index is 13.1. The summed E-state index contributed by atoms with van der Waals surface area (Å²) in [5.74, 6) is -2.99. The summed E-state index contributed by atoms with van der Waals surface area (Å²) < 4.78 is 5.76. The topological polar surface area (TPSA) is 250 Å². The Morgan fingerprint density at radius 1 is 0.883 bits per heavy atom. The van der Waals surface area contributed by atoms with Gasteiger partial charge in [-0.1, -0.05) is 33.3 Å². The lowest BCUT2D eigenvalue weighted by Gasteiger charge is -2.63. The van der Waals surface area contributed by atoms with Gasteiger partial charge in [0.25, 0.3) is 0 Å². The molecule has 5 aliphatic rings. The molecule has 5 fully saturated rings. The number of nitrogens with zero attached hydrogens (tertiary/aromatic N) is 2. The average molecular weight is 849 g/mol. The molecule has 0 bridgehead atoms. The van der Waals surface area contributed by atoms with Crippen LogP contribution in [0, 0.1) is 46.3 Å². The lowest BCUT2D eigenvalue weighted by Crippen LogP contribution is -2.63. The minimum Gasteiger partial charge on any atom is -0.481 e. The lowest BCUT2D eigenvalue weighted by molar-refractivity contribution is -0.202. The van der Waals surface area contributed by atoms with E-state index in [0.717, 1.165) is 32.1 Å². The number of unbranched alkanes of at least 4 members (excludes halogenated alkanes) is 1. The van der Waals surface area contributed by atoms with Crippen molar-refractivity contribution in [1.82, 2.24) is 20.4 Å². The molecule has 4 saturated carbocycles. The fourth-order valence-corrected chi connectivity index (χ4v) is 12.5. The molecule has 0 spiro atoms. The van der Waals surface area contributed by atoms with E-state index >= 15 is 0 Å². The van der Waals surface area contributed by atoms with Crippen LogP contribution in [0.2, 0.25) is 0 Å². The zero-order chi connectivity index (χ0) is 43.9. The molecule has 6 unspecified atom stereocenters. The summed E-state index contributed by atoms with van der Waals surface area (Å²) in [4.78, 5) is 62.3. The van der Waals surface area contributed by atoms with Crippen LogP contribution in [-0.4, -0.2) is 146 Å². The van der Waals surface area contributed by atoms with Crippen LogP contribution >= 0.6 is 0 Å². The molecule has 16 nitrogen and oxygen atoms in total. The number of aliphatic carboxylic acids is 4. The van der Waals surface area contributed by atoms with E-state index in [1.165, 1.54) is 4.90 Å². The zero-order valence-corrected chi connectivity index (χ0v) is 35.9. The van der Waals surface area contributed by atoms with Gasteiger partial charge in [-0.25, -0.2) is 0 Å². The van der Waals surface area contributed by atoms with Crippen LogP contribution in [0.3, 0.4) is 0 Å². The number of carboxylic acids is 4. The molecule has 1 heterocycles. The van der Waals surface area contributed by atoms with Gasteiger partial charge in [-0.15, -0.1) is 6.58 Å². The molecule has 1 amide bonds. The van der Waals surface area contributed by atoms with Crippen LogP contribution < -0.4 is 10.6 Å². The number of fused-ring (bicyclic) bond motifs is 5. The van der Waals surface area contributed by atoms with Crippen LogP contribution in [-0.2, 0) is 28.7 Å². The van der Waals surface area contributed by atoms with Crippen molar-refractivity contribution in [2.75, 3.05) is 39.3 Å². The Labute approximate surface area is 354 Å². The molecule has 5 rings (SSSR count).